The quantitative estimate of drug-likeness (QED) is 0.106. The Kier molecular flexibility index (Phi) is 22.0. The molecular weight excluding hydrogens is 815 g/mol. The molecule has 0 aromatic heterocycles. The van der Waals surface area contributed by atoms with Crippen LogP contribution in [-0.2, 0) is 36.2 Å². The molecule has 2 aliphatic carbocycles. The first-order valence-electron chi connectivity index (χ1n) is 20.2. The fraction of sp³-hybridized carbons (Fsp3) is 0.385. The summed E-state index contributed by atoms with van der Waals surface area (Å²) < 4.78 is 0. The van der Waals surface area contributed by atoms with Gasteiger partial charge in [-0.1, -0.05) is 164 Å². The maximum absolute atomic E-state index is 3.06. The number of fused-ring (bicyclic) bond motifs is 2. The molecule has 0 nitrogen and oxygen atoms in total. The third-order valence-corrected chi connectivity index (χ3v) is 11.9. The molecule has 8 rings (SSSR count). The van der Waals surface area contributed by atoms with Crippen molar-refractivity contribution >= 4 is 53.2 Å². The van der Waals surface area contributed by atoms with Crippen LogP contribution >= 0.6 is 24.8 Å². The van der Waals surface area contributed by atoms with Gasteiger partial charge in [0.15, 0.2) is 0 Å². The summed E-state index contributed by atoms with van der Waals surface area (Å²) in [6.45, 7) is 12.1. The van der Waals surface area contributed by atoms with E-state index in [1.54, 1.807) is 0 Å². The average molecular weight is 881 g/mol. The van der Waals surface area contributed by atoms with E-state index in [-0.39, 0.29) is 39.7 Å². The van der Waals surface area contributed by atoms with E-state index in [0.717, 1.165) is 11.8 Å². The van der Waals surface area contributed by atoms with Crippen LogP contribution in [0.25, 0.3) is 43.8 Å². The second-order valence-electron chi connectivity index (χ2n) is 16.3. The molecule has 0 heterocycles. The first-order chi connectivity index (χ1) is 25.4. The summed E-state index contributed by atoms with van der Waals surface area (Å²) >= 11 is 1.36. The van der Waals surface area contributed by atoms with Gasteiger partial charge in [-0.2, -0.15) is 12.1 Å². The Balaban J connectivity index is 0.000000347. The van der Waals surface area contributed by atoms with E-state index in [0.29, 0.717) is 11.8 Å². The fourth-order valence-corrected chi connectivity index (χ4v) is 8.88. The van der Waals surface area contributed by atoms with E-state index in [9.17, 15) is 0 Å². The predicted molar refractivity (Wildman–Crippen MR) is 252 cm³/mol. The number of benzene rings is 4. The van der Waals surface area contributed by atoms with Gasteiger partial charge in [-0.25, -0.2) is 0 Å². The summed E-state index contributed by atoms with van der Waals surface area (Å²) in [5.74, 6) is 2.98. The summed E-state index contributed by atoms with van der Waals surface area (Å²) in [5.41, 5.74) is 11.3. The van der Waals surface area contributed by atoms with E-state index >= 15 is 0 Å². The Morgan fingerprint density at radius 3 is 1.18 bits per heavy atom. The minimum atomic E-state index is 0. The van der Waals surface area contributed by atoms with Crippen molar-refractivity contribution < 1.29 is 23.3 Å². The van der Waals surface area contributed by atoms with Gasteiger partial charge in [-0.3, -0.25) is 0 Å². The molecule has 2 fully saturated rings. The van der Waals surface area contributed by atoms with Crippen molar-refractivity contribution in [1.29, 1.82) is 0 Å². The zero-order valence-electron chi connectivity index (χ0n) is 35.0. The van der Waals surface area contributed by atoms with Crippen LogP contribution in [-0.4, -0.2) is 6.88 Å². The van der Waals surface area contributed by atoms with Crippen LogP contribution in [0.4, 0.5) is 0 Å². The molecule has 2 radical (unpaired) electrons. The molecule has 0 unspecified atom stereocenters. The molecule has 56 heavy (non-hydrogen) atoms. The Bertz CT molecular complexity index is 1840. The summed E-state index contributed by atoms with van der Waals surface area (Å²) in [7, 11) is 0. The van der Waals surface area contributed by atoms with Crippen molar-refractivity contribution in [3.63, 3.8) is 0 Å². The third kappa shape index (κ3) is 12.9. The van der Waals surface area contributed by atoms with E-state index in [4.69, 9.17) is 0 Å². The van der Waals surface area contributed by atoms with Crippen LogP contribution in [0.5, 0.6) is 0 Å². The van der Waals surface area contributed by atoms with Crippen LogP contribution < -0.4 is 0 Å². The molecule has 6 aromatic rings. The van der Waals surface area contributed by atoms with E-state index in [1.807, 2.05) is 0 Å². The summed E-state index contributed by atoms with van der Waals surface area (Å²) in [5, 5.41) is 5.64. The number of hydrogen-bond donors (Lipinski definition) is 0. The third-order valence-electron chi connectivity index (χ3n) is 11.9. The second-order valence-corrected chi connectivity index (χ2v) is 16.3. The van der Waals surface area contributed by atoms with E-state index < -0.39 is 0 Å². The molecule has 0 atom stereocenters. The molecule has 0 aliphatic heterocycles. The summed E-state index contributed by atoms with van der Waals surface area (Å²) in [6, 6.07) is 41.6. The van der Waals surface area contributed by atoms with Crippen LogP contribution in [0.15, 0.2) is 109 Å². The second kappa shape index (κ2) is 24.6. The molecule has 0 bridgehead atoms. The van der Waals surface area contributed by atoms with Crippen LogP contribution in [0.3, 0.4) is 0 Å². The summed E-state index contributed by atoms with van der Waals surface area (Å²) in [4.78, 5) is 0. The minimum absolute atomic E-state index is 0. The van der Waals surface area contributed by atoms with Crippen molar-refractivity contribution in [3.05, 3.63) is 146 Å². The predicted octanol–water partition coefficient (Wildman–Crippen LogP) is 16.3. The van der Waals surface area contributed by atoms with Gasteiger partial charge in [0.25, 0.3) is 0 Å². The van der Waals surface area contributed by atoms with Gasteiger partial charge >= 0.3 is 30.2 Å². The molecule has 6 aromatic carbocycles. The first kappa shape index (κ1) is 49.9. The molecule has 0 N–H and O–H groups in total. The van der Waals surface area contributed by atoms with Crippen molar-refractivity contribution in [1.82, 2.24) is 0 Å². The number of halogens is 2. The van der Waals surface area contributed by atoms with E-state index in [1.165, 1.54) is 166 Å². The van der Waals surface area contributed by atoms with Crippen LogP contribution in [0.1, 0.15) is 126 Å². The first-order valence-corrected chi connectivity index (χ1v) is 24.4. The molecule has 2 saturated carbocycles. The van der Waals surface area contributed by atoms with E-state index in [2.05, 4.69) is 144 Å². The van der Waals surface area contributed by atoms with Gasteiger partial charge in [0.2, 0.25) is 0 Å². The van der Waals surface area contributed by atoms with Crippen molar-refractivity contribution in [3.8, 4) is 22.3 Å². The molecule has 300 valence electrons. The Hall–Kier alpha value is -2.22. The Morgan fingerprint density at radius 2 is 0.857 bits per heavy atom. The normalized spacial score (nSPS) is 14.3. The topological polar surface area (TPSA) is 0 Å². The average Bonchev–Trinajstić information content (AvgIpc) is 3.80. The van der Waals surface area contributed by atoms with Crippen LogP contribution in [0.2, 0.25) is 0 Å². The standard InChI is InChI=1S/2C25H29.2CH3.2ClH.Si.Zr/c2*1-18(2)21-11-13-22(14-12-21)24-10-6-9-23-16-20(17-25(23)24)15-19-7-4-3-5-8-19;;;;;;/h2*6,9-14,16-19H,3-5,7-8,15H2,1-2H3;2*1H3;2*1H;;/q4*-1;;;;. The SMILES string of the molecule is CC(C)c1ccc(-c2cccc3[cH-]c(CC4CCCCC4)cc23)cc1.CC(C)c1ccc(-c2cccc3[cH-]c(CC4CCCCC4)cc23)cc1.Cl.Cl.[CH3-].[CH3-].[Si]=[Zr]. The maximum atomic E-state index is 3.06. The van der Waals surface area contributed by atoms with Gasteiger partial charge in [0.1, 0.15) is 0 Å². The molecule has 0 saturated heterocycles. The zero-order valence-corrected chi connectivity index (χ0v) is 40.1. The molecule has 0 amide bonds. The van der Waals surface area contributed by atoms with Crippen molar-refractivity contribution in [2.45, 2.75) is 117 Å². The van der Waals surface area contributed by atoms with Gasteiger partial charge in [-0.15, -0.1) is 93.9 Å². The van der Waals surface area contributed by atoms with Crippen LogP contribution in [0, 0.1) is 26.7 Å². The number of hydrogen-bond acceptors (Lipinski definition) is 0. The molecule has 2 aliphatic rings. The van der Waals surface area contributed by atoms with Gasteiger partial charge in [0.05, 0.1) is 0 Å². The molecule has 4 heteroatoms. The van der Waals surface area contributed by atoms with Crippen molar-refractivity contribution in [2.75, 3.05) is 0 Å². The molecular formula is C52H66Cl2SiZr-4. The van der Waals surface area contributed by atoms with Crippen molar-refractivity contribution in [2.24, 2.45) is 11.8 Å². The Morgan fingerprint density at radius 1 is 0.518 bits per heavy atom. The zero-order chi connectivity index (χ0) is 36.5. The number of rotatable bonds is 8. The van der Waals surface area contributed by atoms with Gasteiger partial charge < -0.3 is 14.9 Å². The summed E-state index contributed by atoms with van der Waals surface area (Å²) in [6.07, 6.45) is 16.8. The monoisotopic (exact) mass is 878 g/mol. The fourth-order valence-electron chi connectivity index (χ4n) is 8.88. The Labute approximate surface area is 370 Å². The van der Waals surface area contributed by atoms with Gasteiger partial charge in [-0.05, 0) is 58.8 Å². The van der Waals surface area contributed by atoms with Gasteiger partial charge in [0, 0.05) is 0 Å². The molecule has 0 spiro atoms.